The number of hydrogen-bond donors (Lipinski definition) is 1. The Hall–Kier alpha value is -1.06. The van der Waals surface area contributed by atoms with Crippen LogP contribution in [0.2, 0.25) is 0 Å². The first kappa shape index (κ1) is 11.0. The van der Waals surface area contributed by atoms with Crippen molar-refractivity contribution in [1.82, 2.24) is 5.16 Å². The molecule has 2 aromatic rings. The van der Waals surface area contributed by atoms with Gasteiger partial charge in [-0.2, -0.15) is 0 Å². The van der Waals surface area contributed by atoms with Crippen LogP contribution in [-0.2, 0) is 0 Å². The number of rotatable bonds is 1. The fraction of sp³-hybridized carbons (Fsp3) is 0.300. The van der Waals surface area contributed by atoms with Crippen LogP contribution in [-0.4, -0.2) is 5.16 Å². The van der Waals surface area contributed by atoms with E-state index in [-0.39, 0.29) is 18.4 Å². The van der Waals surface area contributed by atoms with Crippen molar-refractivity contribution in [2.75, 3.05) is 0 Å². The molecule has 0 amide bonds. The molecule has 1 aromatic carbocycles. The summed E-state index contributed by atoms with van der Waals surface area (Å²) < 4.78 is 5.09. The maximum atomic E-state index is 5.77. The van der Waals surface area contributed by atoms with Gasteiger partial charge in [0.15, 0.2) is 5.58 Å². The molecule has 0 radical (unpaired) electrons. The number of halogens is 1. The lowest BCUT2D eigenvalue weighted by atomic mass is 10.1. The Bertz CT molecular complexity index is 437. The van der Waals surface area contributed by atoms with Crippen molar-refractivity contribution in [3.05, 3.63) is 29.5 Å². The molecule has 4 heteroatoms. The minimum Gasteiger partial charge on any atom is -0.356 e. The van der Waals surface area contributed by atoms with E-state index >= 15 is 0 Å². The van der Waals surface area contributed by atoms with E-state index in [1.54, 1.807) is 0 Å². The first-order chi connectivity index (χ1) is 6.18. The van der Waals surface area contributed by atoms with Gasteiger partial charge in [-0.05, 0) is 31.5 Å². The first-order valence-corrected chi connectivity index (χ1v) is 4.30. The van der Waals surface area contributed by atoms with E-state index in [1.165, 1.54) is 0 Å². The Kier molecular flexibility index (Phi) is 3.13. The molecule has 1 heterocycles. The molecule has 0 spiro atoms. The minimum atomic E-state index is 0. The lowest BCUT2D eigenvalue weighted by molar-refractivity contribution is 0.450. The van der Waals surface area contributed by atoms with Crippen LogP contribution in [0.5, 0.6) is 0 Å². The highest BCUT2D eigenvalue weighted by molar-refractivity contribution is 5.85. The fourth-order valence-corrected chi connectivity index (χ4v) is 1.36. The average molecular weight is 213 g/mol. The van der Waals surface area contributed by atoms with Crippen molar-refractivity contribution in [3.63, 3.8) is 0 Å². The van der Waals surface area contributed by atoms with Crippen LogP contribution in [0.25, 0.3) is 11.0 Å². The van der Waals surface area contributed by atoms with Crippen LogP contribution in [0.1, 0.15) is 24.2 Å². The van der Waals surface area contributed by atoms with E-state index in [2.05, 4.69) is 5.16 Å². The standard InChI is InChI=1S/C10H12N2O.ClH/c1-6(11)8-3-4-10-9(5-8)7(2)12-13-10;/h3-6H,11H2,1-2H3;1H/t6-;/m1./s1. The highest BCUT2D eigenvalue weighted by atomic mass is 35.5. The largest absolute Gasteiger partial charge is 0.356 e. The molecule has 0 aliphatic rings. The Labute approximate surface area is 88.7 Å². The zero-order valence-corrected chi connectivity index (χ0v) is 8.97. The van der Waals surface area contributed by atoms with Gasteiger partial charge in [-0.1, -0.05) is 11.2 Å². The smallest absolute Gasteiger partial charge is 0.167 e. The Balaban J connectivity index is 0.000000980. The van der Waals surface area contributed by atoms with Crippen molar-refractivity contribution in [2.24, 2.45) is 5.73 Å². The summed E-state index contributed by atoms with van der Waals surface area (Å²) in [7, 11) is 0. The maximum Gasteiger partial charge on any atom is 0.167 e. The summed E-state index contributed by atoms with van der Waals surface area (Å²) in [5.74, 6) is 0. The quantitative estimate of drug-likeness (QED) is 0.791. The third-order valence-electron chi connectivity index (χ3n) is 2.20. The molecule has 2 rings (SSSR count). The third-order valence-corrected chi connectivity index (χ3v) is 2.20. The maximum absolute atomic E-state index is 5.77. The Morgan fingerprint density at radius 3 is 2.79 bits per heavy atom. The molecule has 0 saturated heterocycles. The highest BCUT2D eigenvalue weighted by Gasteiger charge is 2.06. The van der Waals surface area contributed by atoms with Crippen LogP contribution in [0, 0.1) is 6.92 Å². The van der Waals surface area contributed by atoms with Gasteiger partial charge in [0.25, 0.3) is 0 Å². The zero-order valence-electron chi connectivity index (χ0n) is 8.15. The molecule has 1 atom stereocenters. The normalized spacial score (nSPS) is 12.5. The van der Waals surface area contributed by atoms with Crippen LogP contribution < -0.4 is 5.73 Å². The van der Waals surface area contributed by atoms with Gasteiger partial charge >= 0.3 is 0 Å². The third kappa shape index (κ3) is 1.74. The molecule has 0 aliphatic carbocycles. The average Bonchev–Trinajstić information content (AvgIpc) is 2.47. The van der Waals surface area contributed by atoms with E-state index in [9.17, 15) is 0 Å². The van der Waals surface area contributed by atoms with Gasteiger partial charge < -0.3 is 10.3 Å². The number of nitrogens with zero attached hydrogens (tertiary/aromatic N) is 1. The predicted molar refractivity (Wildman–Crippen MR) is 58.6 cm³/mol. The van der Waals surface area contributed by atoms with Crippen LogP contribution in [0.3, 0.4) is 0 Å². The van der Waals surface area contributed by atoms with E-state index in [0.29, 0.717) is 0 Å². The Morgan fingerprint density at radius 1 is 1.43 bits per heavy atom. The zero-order chi connectivity index (χ0) is 9.42. The first-order valence-electron chi connectivity index (χ1n) is 4.30. The van der Waals surface area contributed by atoms with Crippen LogP contribution >= 0.6 is 12.4 Å². The Morgan fingerprint density at radius 2 is 2.14 bits per heavy atom. The monoisotopic (exact) mass is 212 g/mol. The number of fused-ring (bicyclic) bond motifs is 1. The van der Waals surface area contributed by atoms with E-state index in [1.807, 2.05) is 32.0 Å². The number of aryl methyl sites for hydroxylation is 1. The van der Waals surface area contributed by atoms with Crippen molar-refractivity contribution in [3.8, 4) is 0 Å². The molecule has 0 bridgehead atoms. The summed E-state index contributed by atoms with van der Waals surface area (Å²) in [5.41, 5.74) is 8.62. The highest BCUT2D eigenvalue weighted by Crippen LogP contribution is 2.21. The lowest BCUT2D eigenvalue weighted by Gasteiger charge is -2.03. The molecule has 0 aliphatic heterocycles. The minimum absolute atomic E-state index is 0. The lowest BCUT2D eigenvalue weighted by Crippen LogP contribution is -2.04. The molecular formula is C10H13ClN2O. The summed E-state index contributed by atoms with van der Waals surface area (Å²) >= 11 is 0. The molecule has 14 heavy (non-hydrogen) atoms. The number of nitrogens with two attached hydrogens (primary N) is 1. The topological polar surface area (TPSA) is 52.0 Å². The van der Waals surface area contributed by atoms with E-state index in [4.69, 9.17) is 10.3 Å². The van der Waals surface area contributed by atoms with Crippen molar-refractivity contribution < 1.29 is 4.52 Å². The van der Waals surface area contributed by atoms with Crippen LogP contribution in [0.4, 0.5) is 0 Å². The van der Waals surface area contributed by atoms with E-state index < -0.39 is 0 Å². The summed E-state index contributed by atoms with van der Waals surface area (Å²) in [6.45, 7) is 3.89. The van der Waals surface area contributed by atoms with Gasteiger partial charge in [0, 0.05) is 11.4 Å². The second kappa shape index (κ2) is 3.98. The van der Waals surface area contributed by atoms with Gasteiger partial charge in [0.05, 0.1) is 5.69 Å². The predicted octanol–water partition coefficient (Wildman–Crippen LogP) is 2.58. The molecule has 0 saturated carbocycles. The molecular weight excluding hydrogens is 200 g/mol. The summed E-state index contributed by atoms with van der Waals surface area (Å²) in [4.78, 5) is 0. The molecule has 0 fully saturated rings. The van der Waals surface area contributed by atoms with Crippen molar-refractivity contribution in [1.29, 1.82) is 0 Å². The van der Waals surface area contributed by atoms with Gasteiger partial charge in [0.1, 0.15) is 0 Å². The molecule has 3 nitrogen and oxygen atoms in total. The molecule has 1 aromatic heterocycles. The van der Waals surface area contributed by atoms with Gasteiger partial charge in [-0.15, -0.1) is 12.4 Å². The van der Waals surface area contributed by atoms with Gasteiger partial charge in [-0.25, -0.2) is 0 Å². The number of benzene rings is 1. The fourth-order valence-electron chi connectivity index (χ4n) is 1.36. The van der Waals surface area contributed by atoms with Crippen molar-refractivity contribution >= 4 is 23.4 Å². The SMILES string of the molecule is Cc1noc2ccc([C@@H](C)N)cc12.Cl. The van der Waals surface area contributed by atoms with Gasteiger partial charge in [0.2, 0.25) is 0 Å². The number of aromatic nitrogens is 1. The van der Waals surface area contributed by atoms with Crippen molar-refractivity contribution in [2.45, 2.75) is 19.9 Å². The second-order valence-corrected chi connectivity index (χ2v) is 3.31. The summed E-state index contributed by atoms with van der Waals surface area (Å²) in [6, 6.07) is 5.97. The van der Waals surface area contributed by atoms with Crippen LogP contribution in [0.15, 0.2) is 22.7 Å². The van der Waals surface area contributed by atoms with Gasteiger partial charge in [-0.3, -0.25) is 0 Å². The summed E-state index contributed by atoms with van der Waals surface area (Å²) in [6.07, 6.45) is 0. The molecule has 2 N–H and O–H groups in total. The molecule has 0 unspecified atom stereocenters. The molecule has 76 valence electrons. The van der Waals surface area contributed by atoms with E-state index in [0.717, 1.165) is 22.2 Å². The summed E-state index contributed by atoms with van der Waals surface area (Å²) in [5, 5.41) is 4.93. The number of hydrogen-bond acceptors (Lipinski definition) is 3. The second-order valence-electron chi connectivity index (χ2n) is 3.31.